The average molecular weight is 315 g/mol. The number of likely N-dealkylation sites (N-methyl/N-ethyl adjacent to an activating group) is 1. The van der Waals surface area contributed by atoms with Crippen molar-refractivity contribution in [3.05, 3.63) is 28.5 Å². The summed E-state index contributed by atoms with van der Waals surface area (Å²) in [6.07, 6.45) is 0.257. The summed E-state index contributed by atoms with van der Waals surface area (Å²) in [6, 6.07) is 6.20. The lowest BCUT2D eigenvalue weighted by Gasteiger charge is -2.16. The zero-order chi connectivity index (χ0) is 13.5. The van der Waals surface area contributed by atoms with E-state index in [9.17, 15) is 9.18 Å². The highest BCUT2D eigenvalue weighted by molar-refractivity contribution is 9.10. The fourth-order valence-electron chi connectivity index (χ4n) is 1.18. The maximum absolute atomic E-state index is 13.3. The van der Waals surface area contributed by atoms with Crippen LogP contribution in [0.5, 0.6) is 5.75 Å². The van der Waals surface area contributed by atoms with Crippen LogP contribution < -0.4 is 4.74 Å². The predicted molar refractivity (Wildman–Crippen MR) is 67.5 cm³/mol. The number of carbonyl (C=O) groups is 1. The van der Waals surface area contributed by atoms with Crippen LogP contribution in [0.4, 0.5) is 4.39 Å². The number of halogens is 2. The fraction of sp³-hybridized carbons (Fsp3) is 0.333. The van der Waals surface area contributed by atoms with Gasteiger partial charge in [-0.3, -0.25) is 4.79 Å². The van der Waals surface area contributed by atoms with E-state index in [2.05, 4.69) is 15.9 Å². The molecule has 0 spiro atoms. The third-order valence-corrected chi connectivity index (χ3v) is 2.72. The lowest BCUT2D eigenvalue weighted by Crippen LogP contribution is -2.32. The first-order valence-corrected chi connectivity index (χ1v) is 6.02. The van der Waals surface area contributed by atoms with Crippen LogP contribution in [0.3, 0.4) is 0 Å². The van der Waals surface area contributed by atoms with Crippen molar-refractivity contribution >= 4 is 21.8 Å². The van der Waals surface area contributed by atoms with E-state index in [0.717, 1.165) is 0 Å². The third-order valence-electron chi connectivity index (χ3n) is 2.23. The second kappa shape index (κ2) is 6.97. The van der Waals surface area contributed by atoms with Crippen LogP contribution in [-0.4, -0.2) is 31.0 Å². The largest absolute Gasteiger partial charge is 0.481 e. The summed E-state index contributed by atoms with van der Waals surface area (Å²) in [5.74, 6) is -0.804. The SMILES string of the molecule is CN(CCC#N)C(=O)COc1cc(Br)ccc1F. The minimum atomic E-state index is -0.523. The number of amides is 1. The molecule has 0 bridgehead atoms. The van der Waals surface area contributed by atoms with Crippen molar-refractivity contribution in [1.29, 1.82) is 5.26 Å². The molecular formula is C12H12BrFN2O2. The molecule has 0 fully saturated rings. The monoisotopic (exact) mass is 314 g/mol. The normalized spacial score (nSPS) is 9.67. The average Bonchev–Trinajstić information content (AvgIpc) is 2.36. The van der Waals surface area contributed by atoms with E-state index < -0.39 is 5.82 Å². The lowest BCUT2D eigenvalue weighted by atomic mass is 10.3. The molecule has 0 saturated carbocycles. The summed E-state index contributed by atoms with van der Waals surface area (Å²) in [7, 11) is 1.57. The van der Waals surface area contributed by atoms with Gasteiger partial charge in [-0.15, -0.1) is 0 Å². The van der Waals surface area contributed by atoms with Gasteiger partial charge in [-0.2, -0.15) is 5.26 Å². The van der Waals surface area contributed by atoms with Gasteiger partial charge in [-0.25, -0.2) is 4.39 Å². The lowest BCUT2D eigenvalue weighted by molar-refractivity contribution is -0.132. The Hall–Kier alpha value is -1.61. The number of carbonyl (C=O) groups excluding carboxylic acids is 1. The van der Waals surface area contributed by atoms with Crippen LogP contribution in [0, 0.1) is 17.1 Å². The second-order valence-corrected chi connectivity index (χ2v) is 4.50. The molecule has 96 valence electrons. The highest BCUT2D eigenvalue weighted by Gasteiger charge is 2.11. The van der Waals surface area contributed by atoms with E-state index in [1.54, 1.807) is 13.1 Å². The molecule has 0 aliphatic heterocycles. The molecule has 0 saturated heterocycles. The molecule has 0 aliphatic carbocycles. The molecule has 4 nitrogen and oxygen atoms in total. The maximum atomic E-state index is 13.3. The van der Waals surface area contributed by atoms with Crippen molar-refractivity contribution in [2.75, 3.05) is 20.2 Å². The van der Waals surface area contributed by atoms with Gasteiger partial charge >= 0.3 is 0 Å². The Bertz CT molecular complexity index is 474. The Morgan fingerprint density at radius 3 is 3.00 bits per heavy atom. The number of nitriles is 1. The number of nitrogens with zero attached hydrogens (tertiary/aromatic N) is 2. The number of ether oxygens (including phenoxy) is 1. The van der Waals surface area contributed by atoms with Crippen LogP contribution >= 0.6 is 15.9 Å². The zero-order valence-electron chi connectivity index (χ0n) is 9.82. The Kier molecular flexibility index (Phi) is 5.59. The second-order valence-electron chi connectivity index (χ2n) is 3.59. The van der Waals surface area contributed by atoms with Gasteiger partial charge < -0.3 is 9.64 Å². The molecule has 1 aromatic carbocycles. The summed E-state index contributed by atoms with van der Waals surface area (Å²) in [5, 5.41) is 8.40. The molecule has 0 N–H and O–H groups in total. The first-order valence-electron chi connectivity index (χ1n) is 5.23. The number of rotatable bonds is 5. The predicted octanol–water partition coefficient (Wildman–Crippen LogP) is 2.34. The van der Waals surface area contributed by atoms with Gasteiger partial charge in [-0.1, -0.05) is 15.9 Å². The van der Waals surface area contributed by atoms with E-state index in [1.165, 1.54) is 17.0 Å². The number of hydrogen-bond donors (Lipinski definition) is 0. The Morgan fingerprint density at radius 2 is 2.33 bits per heavy atom. The van der Waals surface area contributed by atoms with E-state index in [0.29, 0.717) is 11.0 Å². The highest BCUT2D eigenvalue weighted by Crippen LogP contribution is 2.22. The van der Waals surface area contributed by atoms with Crippen molar-refractivity contribution in [3.8, 4) is 11.8 Å². The summed E-state index contributed by atoms with van der Waals surface area (Å²) in [5.41, 5.74) is 0. The molecule has 0 atom stereocenters. The molecule has 1 amide bonds. The summed E-state index contributed by atoms with van der Waals surface area (Å²) in [4.78, 5) is 12.9. The van der Waals surface area contributed by atoms with Gasteiger partial charge in [0.25, 0.3) is 5.91 Å². The Morgan fingerprint density at radius 1 is 1.61 bits per heavy atom. The maximum Gasteiger partial charge on any atom is 0.260 e. The molecule has 1 rings (SSSR count). The summed E-state index contributed by atoms with van der Waals surface area (Å²) >= 11 is 3.19. The molecule has 6 heteroatoms. The van der Waals surface area contributed by atoms with Crippen molar-refractivity contribution in [2.24, 2.45) is 0 Å². The molecule has 0 radical (unpaired) electrons. The molecule has 0 heterocycles. The molecular weight excluding hydrogens is 303 g/mol. The number of hydrogen-bond acceptors (Lipinski definition) is 3. The standard InChI is InChI=1S/C12H12BrFN2O2/c1-16(6-2-5-15)12(17)8-18-11-7-9(13)3-4-10(11)14/h3-4,7H,2,6,8H2,1H3. The Balaban J connectivity index is 2.52. The highest BCUT2D eigenvalue weighted by atomic mass is 79.9. The van der Waals surface area contributed by atoms with Gasteiger partial charge in [0, 0.05) is 18.1 Å². The quantitative estimate of drug-likeness (QED) is 0.838. The topological polar surface area (TPSA) is 53.3 Å². The molecule has 18 heavy (non-hydrogen) atoms. The van der Waals surface area contributed by atoms with Crippen LogP contribution in [0.25, 0.3) is 0 Å². The van der Waals surface area contributed by atoms with Crippen molar-refractivity contribution < 1.29 is 13.9 Å². The Labute approximate surface area is 113 Å². The van der Waals surface area contributed by atoms with Gasteiger partial charge in [0.1, 0.15) is 0 Å². The van der Waals surface area contributed by atoms with Gasteiger partial charge in [0.15, 0.2) is 18.2 Å². The van der Waals surface area contributed by atoms with Crippen LogP contribution in [-0.2, 0) is 4.79 Å². The minimum absolute atomic E-state index is 0.0198. The zero-order valence-corrected chi connectivity index (χ0v) is 11.4. The van der Waals surface area contributed by atoms with E-state index in [4.69, 9.17) is 10.00 Å². The first kappa shape index (κ1) is 14.5. The van der Waals surface area contributed by atoms with Gasteiger partial charge in [-0.05, 0) is 18.2 Å². The molecule has 0 aliphatic rings. The van der Waals surface area contributed by atoms with Gasteiger partial charge in [0.2, 0.25) is 0 Å². The summed E-state index contributed by atoms with van der Waals surface area (Å²) < 4.78 is 19.1. The fourth-order valence-corrected chi connectivity index (χ4v) is 1.52. The van der Waals surface area contributed by atoms with E-state index >= 15 is 0 Å². The number of benzene rings is 1. The van der Waals surface area contributed by atoms with Crippen LogP contribution in [0.2, 0.25) is 0 Å². The minimum Gasteiger partial charge on any atom is -0.481 e. The van der Waals surface area contributed by atoms with Gasteiger partial charge in [0.05, 0.1) is 12.5 Å². The molecule has 1 aromatic rings. The molecule has 0 unspecified atom stereocenters. The third kappa shape index (κ3) is 4.34. The molecule has 0 aromatic heterocycles. The smallest absolute Gasteiger partial charge is 0.260 e. The van der Waals surface area contributed by atoms with Crippen molar-refractivity contribution in [1.82, 2.24) is 4.90 Å². The van der Waals surface area contributed by atoms with Crippen LogP contribution in [0.15, 0.2) is 22.7 Å². The van der Waals surface area contributed by atoms with Crippen molar-refractivity contribution in [2.45, 2.75) is 6.42 Å². The summed E-state index contributed by atoms with van der Waals surface area (Å²) in [6.45, 7) is 0.0783. The van der Waals surface area contributed by atoms with E-state index in [1.807, 2.05) is 6.07 Å². The van der Waals surface area contributed by atoms with Crippen molar-refractivity contribution in [3.63, 3.8) is 0 Å². The first-order chi connectivity index (χ1) is 8.54. The van der Waals surface area contributed by atoms with E-state index in [-0.39, 0.29) is 24.7 Å². The van der Waals surface area contributed by atoms with Crippen LogP contribution in [0.1, 0.15) is 6.42 Å².